The van der Waals surface area contributed by atoms with Gasteiger partial charge in [0.05, 0.1) is 30.9 Å². The zero-order valence-electron chi connectivity index (χ0n) is 15.6. The summed E-state index contributed by atoms with van der Waals surface area (Å²) in [5.41, 5.74) is 2.65. The predicted octanol–water partition coefficient (Wildman–Crippen LogP) is 3.96. The second-order valence-electron chi connectivity index (χ2n) is 6.14. The Morgan fingerprint density at radius 1 is 0.964 bits per heavy atom. The Morgan fingerprint density at radius 3 is 2.32 bits per heavy atom. The normalized spacial score (nSPS) is 10.8. The molecule has 0 aliphatic rings. The number of nitrogens with one attached hydrogen (secondary N) is 1. The molecule has 0 aliphatic carbocycles. The van der Waals surface area contributed by atoms with Crippen molar-refractivity contribution < 1.29 is 29.3 Å². The first-order valence-corrected chi connectivity index (χ1v) is 8.94. The van der Waals surface area contributed by atoms with E-state index in [4.69, 9.17) is 9.47 Å². The molecular formula is C21H21NO6. The molecule has 3 rings (SSSR count). The fraction of sp³-hybridized carbons (Fsp3) is 0.238. The van der Waals surface area contributed by atoms with Crippen molar-refractivity contribution in [1.82, 2.24) is 4.98 Å². The molecule has 0 unspecified atom stereocenters. The number of hydrogen-bond donors (Lipinski definition) is 3. The van der Waals surface area contributed by atoms with E-state index in [0.29, 0.717) is 46.9 Å². The Labute approximate surface area is 161 Å². The van der Waals surface area contributed by atoms with Crippen molar-refractivity contribution in [1.29, 1.82) is 0 Å². The summed E-state index contributed by atoms with van der Waals surface area (Å²) in [6.07, 6.45) is -0.240. The lowest BCUT2D eigenvalue weighted by atomic mass is 10.0. The van der Waals surface area contributed by atoms with Crippen molar-refractivity contribution >= 4 is 22.8 Å². The molecule has 0 amide bonds. The summed E-state index contributed by atoms with van der Waals surface area (Å²) >= 11 is 0. The predicted molar refractivity (Wildman–Crippen MR) is 104 cm³/mol. The number of rotatable bonds is 8. The molecule has 0 spiro atoms. The lowest BCUT2D eigenvalue weighted by Gasteiger charge is -2.12. The third-order valence-electron chi connectivity index (χ3n) is 4.31. The average Bonchev–Trinajstić information content (AvgIpc) is 3.00. The fourth-order valence-corrected chi connectivity index (χ4v) is 3.17. The Kier molecular flexibility index (Phi) is 5.54. The molecule has 3 aromatic rings. The minimum absolute atomic E-state index is 0.103. The molecule has 146 valence electrons. The van der Waals surface area contributed by atoms with Crippen molar-refractivity contribution in [2.45, 2.75) is 20.3 Å². The molecule has 0 saturated heterocycles. The molecule has 0 fully saturated rings. The van der Waals surface area contributed by atoms with E-state index in [1.807, 2.05) is 19.9 Å². The van der Waals surface area contributed by atoms with Crippen LogP contribution in [0.2, 0.25) is 0 Å². The number of benzene rings is 2. The summed E-state index contributed by atoms with van der Waals surface area (Å²) in [7, 11) is 0. The molecule has 7 nitrogen and oxygen atoms in total. The maximum Gasteiger partial charge on any atom is 0.335 e. The van der Waals surface area contributed by atoms with E-state index in [1.165, 1.54) is 12.1 Å². The molecule has 0 atom stereocenters. The lowest BCUT2D eigenvalue weighted by Crippen LogP contribution is -2.02. The highest BCUT2D eigenvalue weighted by molar-refractivity contribution is 5.99. The van der Waals surface area contributed by atoms with E-state index in [0.717, 1.165) is 5.56 Å². The second-order valence-corrected chi connectivity index (χ2v) is 6.14. The van der Waals surface area contributed by atoms with Gasteiger partial charge in [-0.05, 0) is 55.8 Å². The monoisotopic (exact) mass is 383 g/mol. The van der Waals surface area contributed by atoms with Crippen LogP contribution in [-0.2, 0) is 11.2 Å². The summed E-state index contributed by atoms with van der Waals surface area (Å²) in [4.78, 5) is 26.0. The molecule has 1 aromatic heterocycles. The van der Waals surface area contributed by atoms with Gasteiger partial charge in [-0.25, -0.2) is 4.79 Å². The van der Waals surface area contributed by atoms with Crippen LogP contribution >= 0.6 is 0 Å². The number of fused-ring (bicyclic) bond motifs is 1. The van der Waals surface area contributed by atoms with Crippen LogP contribution in [0.1, 0.15) is 29.8 Å². The Bertz CT molecular complexity index is 1040. The Balaban J connectivity index is 2.20. The molecular weight excluding hydrogens is 362 g/mol. The number of ether oxygens (including phenoxy) is 2. The highest BCUT2D eigenvalue weighted by atomic mass is 16.5. The number of H-pyrrole nitrogens is 1. The van der Waals surface area contributed by atoms with Gasteiger partial charge in [0.2, 0.25) is 0 Å². The number of aromatic carboxylic acids is 1. The summed E-state index contributed by atoms with van der Waals surface area (Å²) in [6.45, 7) is 4.70. The smallest absolute Gasteiger partial charge is 0.335 e. The van der Waals surface area contributed by atoms with Crippen LogP contribution in [-0.4, -0.2) is 40.3 Å². The molecule has 0 aliphatic heterocycles. The molecule has 0 radical (unpaired) electrons. The number of aromatic amines is 1. The topological polar surface area (TPSA) is 109 Å². The van der Waals surface area contributed by atoms with E-state index in [-0.39, 0.29) is 12.0 Å². The first-order chi connectivity index (χ1) is 13.4. The summed E-state index contributed by atoms with van der Waals surface area (Å²) < 4.78 is 11.2. The number of carboxylic acids is 2. The van der Waals surface area contributed by atoms with Crippen LogP contribution in [0.15, 0.2) is 36.4 Å². The maximum atomic E-state index is 11.4. The lowest BCUT2D eigenvalue weighted by molar-refractivity contribution is -0.136. The maximum absolute atomic E-state index is 11.4. The highest BCUT2D eigenvalue weighted by Crippen LogP contribution is 2.36. The SMILES string of the molecule is CCOc1ccc(-c2[nH]c3ccc(C(=O)O)cc3c2CC(=O)O)cc1OCC. The highest BCUT2D eigenvalue weighted by Gasteiger charge is 2.19. The van der Waals surface area contributed by atoms with Gasteiger partial charge in [0, 0.05) is 16.5 Å². The first-order valence-electron chi connectivity index (χ1n) is 8.94. The number of carboxylic acid groups (broad SMARTS) is 2. The third-order valence-corrected chi connectivity index (χ3v) is 4.31. The van der Waals surface area contributed by atoms with E-state index < -0.39 is 11.9 Å². The molecule has 1 heterocycles. The van der Waals surface area contributed by atoms with Crippen LogP contribution in [0.3, 0.4) is 0 Å². The van der Waals surface area contributed by atoms with E-state index in [2.05, 4.69) is 4.98 Å². The quantitative estimate of drug-likeness (QED) is 0.543. The Morgan fingerprint density at radius 2 is 1.68 bits per heavy atom. The van der Waals surface area contributed by atoms with Crippen molar-refractivity contribution in [2.75, 3.05) is 13.2 Å². The van der Waals surface area contributed by atoms with E-state index in [9.17, 15) is 19.8 Å². The third kappa shape index (κ3) is 3.78. The van der Waals surface area contributed by atoms with Crippen molar-refractivity contribution in [3.8, 4) is 22.8 Å². The minimum Gasteiger partial charge on any atom is -0.490 e. The van der Waals surface area contributed by atoms with Crippen LogP contribution in [0.25, 0.3) is 22.2 Å². The summed E-state index contributed by atoms with van der Waals surface area (Å²) in [5.74, 6) is -0.894. The number of aromatic nitrogens is 1. The first kappa shape index (κ1) is 19.3. The number of carbonyl (C=O) groups is 2. The van der Waals surface area contributed by atoms with Crippen molar-refractivity contribution in [2.24, 2.45) is 0 Å². The van der Waals surface area contributed by atoms with Crippen LogP contribution < -0.4 is 9.47 Å². The average molecular weight is 383 g/mol. The molecule has 2 aromatic carbocycles. The van der Waals surface area contributed by atoms with Crippen LogP contribution in [0.4, 0.5) is 0 Å². The molecule has 7 heteroatoms. The van der Waals surface area contributed by atoms with Crippen LogP contribution in [0, 0.1) is 0 Å². The van der Waals surface area contributed by atoms with Crippen molar-refractivity contribution in [3.05, 3.63) is 47.5 Å². The zero-order valence-corrected chi connectivity index (χ0v) is 15.6. The van der Waals surface area contributed by atoms with Gasteiger partial charge < -0.3 is 24.7 Å². The van der Waals surface area contributed by atoms with E-state index >= 15 is 0 Å². The van der Waals surface area contributed by atoms with Gasteiger partial charge in [0.15, 0.2) is 11.5 Å². The molecule has 3 N–H and O–H groups in total. The van der Waals surface area contributed by atoms with Crippen LogP contribution in [0.5, 0.6) is 11.5 Å². The second kappa shape index (κ2) is 8.04. The number of hydrogen-bond acceptors (Lipinski definition) is 4. The molecule has 0 bridgehead atoms. The van der Waals surface area contributed by atoms with E-state index in [1.54, 1.807) is 18.2 Å². The standard InChI is InChI=1S/C21H21NO6/c1-3-27-17-8-6-12(10-18(17)28-4-2)20-15(11-19(23)24)14-9-13(21(25)26)5-7-16(14)22-20/h5-10,22H,3-4,11H2,1-2H3,(H,23,24)(H,25,26). The van der Waals surface area contributed by atoms with Gasteiger partial charge in [-0.2, -0.15) is 0 Å². The van der Waals surface area contributed by atoms with Gasteiger partial charge in [-0.15, -0.1) is 0 Å². The zero-order chi connectivity index (χ0) is 20.3. The summed E-state index contributed by atoms with van der Waals surface area (Å²) in [5, 5.41) is 19.2. The largest absolute Gasteiger partial charge is 0.490 e. The van der Waals surface area contributed by atoms with Gasteiger partial charge in [0.25, 0.3) is 0 Å². The van der Waals surface area contributed by atoms with Gasteiger partial charge in [0.1, 0.15) is 0 Å². The van der Waals surface area contributed by atoms with Crippen molar-refractivity contribution in [3.63, 3.8) is 0 Å². The van der Waals surface area contributed by atoms with Gasteiger partial charge in [-0.1, -0.05) is 0 Å². The fourth-order valence-electron chi connectivity index (χ4n) is 3.17. The number of aliphatic carboxylic acids is 1. The van der Waals surface area contributed by atoms with Gasteiger partial charge in [-0.3, -0.25) is 4.79 Å². The van der Waals surface area contributed by atoms with Gasteiger partial charge >= 0.3 is 11.9 Å². The Hall–Kier alpha value is -3.48. The molecule has 28 heavy (non-hydrogen) atoms. The minimum atomic E-state index is -1.06. The summed E-state index contributed by atoms with van der Waals surface area (Å²) in [6, 6.07) is 10.0. The molecule has 0 saturated carbocycles.